The van der Waals surface area contributed by atoms with Gasteiger partial charge in [-0.25, -0.2) is 4.79 Å². The number of hydrogen-bond acceptors (Lipinski definition) is 3. The summed E-state index contributed by atoms with van der Waals surface area (Å²) in [6, 6.07) is 3.33. The van der Waals surface area contributed by atoms with Crippen molar-refractivity contribution in [2.45, 2.75) is 13.3 Å². The standard InChI is InChI=1S/C13H12O5/c1-13(12(16)17)6-8(10-3-2-4-18-10)5-9(7-13)11(14)15/h2-6H,7H2,1H3,(H,14,15)(H,16,17). The van der Waals surface area contributed by atoms with Gasteiger partial charge >= 0.3 is 11.9 Å². The van der Waals surface area contributed by atoms with Crippen LogP contribution in [0.25, 0.3) is 5.57 Å². The lowest BCUT2D eigenvalue weighted by atomic mass is 9.77. The molecule has 0 spiro atoms. The zero-order chi connectivity index (χ0) is 13.3. The molecule has 0 saturated heterocycles. The molecule has 2 rings (SSSR count). The third-order valence-electron chi connectivity index (χ3n) is 2.93. The fourth-order valence-corrected chi connectivity index (χ4v) is 1.93. The van der Waals surface area contributed by atoms with Gasteiger partial charge < -0.3 is 14.6 Å². The van der Waals surface area contributed by atoms with Crippen LogP contribution in [0.15, 0.2) is 40.5 Å². The highest BCUT2D eigenvalue weighted by molar-refractivity contribution is 5.95. The summed E-state index contributed by atoms with van der Waals surface area (Å²) in [6.07, 6.45) is 4.39. The molecule has 1 aliphatic carbocycles. The van der Waals surface area contributed by atoms with Crippen molar-refractivity contribution in [3.8, 4) is 0 Å². The SMILES string of the molecule is CC1(C(=O)O)C=C(c2ccco2)C=C(C(=O)O)C1. The molecule has 5 nitrogen and oxygen atoms in total. The van der Waals surface area contributed by atoms with Crippen LogP contribution < -0.4 is 0 Å². The highest BCUT2D eigenvalue weighted by atomic mass is 16.4. The Morgan fingerprint density at radius 3 is 2.61 bits per heavy atom. The van der Waals surface area contributed by atoms with Crippen molar-refractivity contribution in [2.75, 3.05) is 0 Å². The predicted octanol–water partition coefficient (Wildman–Crippen LogP) is 2.17. The van der Waals surface area contributed by atoms with E-state index < -0.39 is 17.4 Å². The largest absolute Gasteiger partial charge is 0.481 e. The Morgan fingerprint density at radius 2 is 2.11 bits per heavy atom. The second-order valence-corrected chi connectivity index (χ2v) is 4.45. The van der Waals surface area contributed by atoms with Gasteiger partial charge in [0.05, 0.1) is 11.7 Å². The topological polar surface area (TPSA) is 87.7 Å². The van der Waals surface area contributed by atoms with Crippen LogP contribution in [0.5, 0.6) is 0 Å². The maximum Gasteiger partial charge on any atom is 0.331 e. The fourth-order valence-electron chi connectivity index (χ4n) is 1.93. The van der Waals surface area contributed by atoms with Gasteiger partial charge in [-0.2, -0.15) is 0 Å². The Bertz CT molecular complexity index is 550. The van der Waals surface area contributed by atoms with E-state index in [4.69, 9.17) is 9.52 Å². The molecule has 94 valence electrons. The smallest absolute Gasteiger partial charge is 0.331 e. The lowest BCUT2D eigenvalue weighted by Crippen LogP contribution is -2.29. The summed E-state index contributed by atoms with van der Waals surface area (Å²) in [5.74, 6) is -1.71. The number of hydrogen-bond donors (Lipinski definition) is 2. The molecule has 0 aliphatic heterocycles. The van der Waals surface area contributed by atoms with Crippen LogP contribution in [-0.2, 0) is 9.59 Å². The molecule has 0 saturated carbocycles. The van der Waals surface area contributed by atoms with Crippen LogP contribution in [0.3, 0.4) is 0 Å². The molecular formula is C13H12O5. The second-order valence-electron chi connectivity index (χ2n) is 4.45. The molecule has 0 radical (unpaired) electrons. The summed E-state index contributed by atoms with van der Waals surface area (Å²) in [5.41, 5.74) is -0.688. The Hall–Kier alpha value is -2.30. The molecule has 1 aromatic rings. The highest BCUT2D eigenvalue weighted by Crippen LogP contribution is 2.37. The first-order valence-corrected chi connectivity index (χ1v) is 5.36. The molecule has 1 heterocycles. The summed E-state index contributed by atoms with van der Waals surface area (Å²) in [6.45, 7) is 1.49. The number of allylic oxidation sites excluding steroid dienone is 2. The molecule has 18 heavy (non-hydrogen) atoms. The molecule has 0 bridgehead atoms. The van der Waals surface area contributed by atoms with Gasteiger partial charge in [0.15, 0.2) is 0 Å². The monoisotopic (exact) mass is 248 g/mol. The van der Waals surface area contributed by atoms with Crippen molar-refractivity contribution in [3.63, 3.8) is 0 Å². The number of carboxylic acids is 2. The van der Waals surface area contributed by atoms with Crippen LogP contribution in [0, 0.1) is 5.41 Å². The number of aliphatic carboxylic acids is 2. The van der Waals surface area contributed by atoms with Crippen LogP contribution in [-0.4, -0.2) is 22.2 Å². The van der Waals surface area contributed by atoms with Crippen LogP contribution >= 0.6 is 0 Å². The Kier molecular flexibility index (Phi) is 2.82. The van der Waals surface area contributed by atoms with Gasteiger partial charge in [0.2, 0.25) is 0 Å². The second kappa shape index (κ2) is 4.18. The van der Waals surface area contributed by atoms with Crippen LogP contribution in [0.4, 0.5) is 0 Å². The number of carboxylic acid groups (broad SMARTS) is 2. The number of furan rings is 1. The molecule has 2 N–H and O–H groups in total. The van der Waals surface area contributed by atoms with E-state index in [0.717, 1.165) is 0 Å². The summed E-state index contributed by atoms with van der Waals surface area (Å²) in [5, 5.41) is 18.3. The minimum absolute atomic E-state index is 0.0398. The molecule has 0 fully saturated rings. The molecule has 1 unspecified atom stereocenters. The number of carbonyl (C=O) groups is 2. The molecule has 5 heteroatoms. The van der Waals surface area contributed by atoms with Gasteiger partial charge in [0.1, 0.15) is 5.76 Å². The van der Waals surface area contributed by atoms with Gasteiger partial charge in [0.25, 0.3) is 0 Å². The molecular weight excluding hydrogens is 236 g/mol. The van der Waals surface area contributed by atoms with Crippen molar-refractivity contribution in [2.24, 2.45) is 5.41 Å². The first kappa shape index (κ1) is 12.2. The lowest BCUT2D eigenvalue weighted by molar-refractivity contribution is -0.145. The van der Waals surface area contributed by atoms with E-state index >= 15 is 0 Å². The van der Waals surface area contributed by atoms with Crippen LogP contribution in [0.1, 0.15) is 19.1 Å². The molecule has 0 amide bonds. The molecule has 1 aliphatic rings. The van der Waals surface area contributed by atoms with Gasteiger partial charge in [-0.05, 0) is 31.6 Å². The van der Waals surface area contributed by atoms with E-state index in [0.29, 0.717) is 11.3 Å². The van der Waals surface area contributed by atoms with E-state index in [2.05, 4.69) is 0 Å². The van der Waals surface area contributed by atoms with Crippen molar-refractivity contribution in [3.05, 3.63) is 41.9 Å². The highest BCUT2D eigenvalue weighted by Gasteiger charge is 2.37. The quantitative estimate of drug-likeness (QED) is 0.855. The van der Waals surface area contributed by atoms with Gasteiger partial charge in [-0.15, -0.1) is 0 Å². The van der Waals surface area contributed by atoms with E-state index in [1.54, 1.807) is 12.1 Å². The Labute approximate surface area is 103 Å². The third-order valence-corrected chi connectivity index (χ3v) is 2.93. The zero-order valence-corrected chi connectivity index (χ0v) is 9.71. The average molecular weight is 248 g/mol. The summed E-state index contributed by atoms with van der Waals surface area (Å²) in [4.78, 5) is 22.3. The van der Waals surface area contributed by atoms with Gasteiger partial charge in [-0.1, -0.05) is 6.08 Å². The van der Waals surface area contributed by atoms with Gasteiger partial charge in [0, 0.05) is 11.1 Å². The lowest BCUT2D eigenvalue weighted by Gasteiger charge is -2.25. The zero-order valence-electron chi connectivity index (χ0n) is 9.71. The number of rotatable bonds is 3. The summed E-state index contributed by atoms with van der Waals surface area (Å²) >= 11 is 0. The molecule has 0 aromatic carbocycles. The minimum Gasteiger partial charge on any atom is -0.481 e. The molecule has 1 aromatic heterocycles. The predicted molar refractivity (Wildman–Crippen MR) is 62.8 cm³/mol. The van der Waals surface area contributed by atoms with Crippen molar-refractivity contribution < 1.29 is 24.2 Å². The third kappa shape index (κ3) is 2.07. The summed E-state index contributed by atoms with van der Waals surface area (Å²) in [7, 11) is 0. The average Bonchev–Trinajstić information content (AvgIpc) is 2.81. The maximum atomic E-state index is 11.3. The first-order chi connectivity index (χ1) is 8.42. The Balaban J connectivity index is 2.51. The summed E-state index contributed by atoms with van der Waals surface area (Å²) < 4.78 is 5.18. The molecule has 1 atom stereocenters. The van der Waals surface area contributed by atoms with Crippen LogP contribution in [0.2, 0.25) is 0 Å². The van der Waals surface area contributed by atoms with Gasteiger partial charge in [-0.3, -0.25) is 4.79 Å². The van der Waals surface area contributed by atoms with E-state index in [1.165, 1.54) is 25.3 Å². The minimum atomic E-state index is -1.23. The van der Waals surface area contributed by atoms with E-state index in [1.807, 2.05) is 0 Å². The fraction of sp³-hybridized carbons (Fsp3) is 0.231. The van der Waals surface area contributed by atoms with Crippen molar-refractivity contribution in [1.82, 2.24) is 0 Å². The van der Waals surface area contributed by atoms with Crippen molar-refractivity contribution in [1.29, 1.82) is 0 Å². The van der Waals surface area contributed by atoms with Crippen molar-refractivity contribution >= 4 is 17.5 Å². The maximum absolute atomic E-state index is 11.3. The van der Waals surface area contributed by atoms with E-state index in [9.17, 15) is 14.7 Å². The van der Waals surface area contributed by atoms with E-state index in [-0.39, 0.29) is 12.0 Å². The first-order valence-electron chi connectivity index (χ1n) is 5.36. The Morgan fingerprint density at radius 1 is 1.39 bits per heavy atom. The normalized spacial score (nSPS) is 23.2.